The van der Waals surface area contributed by atoms with E-state index in [1.54, 1.807) is 54.6 Å². The molecule has 9 heteroatoms. The molecule has 0 saturated heterocycles. The Morgan fingerprint density at radius 1 is 1.07 bits per heavy atom. The largest absolute Gasteiger partial charge is 0.457 e. The van der Waals surface area contributed by atoms with Crippen LogP contribution in [0.15, 0.2) is 76.4 Å². The first-order chi connectivity index (χ1) is 14.5. The molecule has 0 aliphatic heterocycles. The van der Waals surface area contributed by atoms with Gasteiger partial charge >= 0.3 is 5.97 Å². The summed E-state index contributed by atoms with van der Waals surface area (Å²) < 4.78 is 10.2. The van der Waals surface area contributed by atoms with Gasteiger partial charge in [0, 0.05) is 10.6 Å². The second-order valence-electron chi connectivity index (χ2n) is 5.92. The zero-order valence-corrected chi connectivity index (χ0v) is 16.3. The van der Waals surface area contributed by atoms with Crippen LogP contribution in [0, 0.1) is 0 Å². The molecule has 0 bridgehead atoms. The van der Waals surface area contributed by atoms with Gasteiger partial charge in [-0.15, -0.1) is 0 Å². The highest BCUT2D eigenvalue weighted by Gasteiger charge is 2.11. The number of nitrogens with one attached hydrogen (secondary N) is 2. The minimum Gasteiger partial charge on any atom is -0.457 e. The van der Waals surface area contributed by atoms with Gasteiger partial charge in [0.2, 0.25) is 5.76 Å². The predicted molar refractivity (Wildman–Crippen MR) is 110 cm³/mol. The Balaban J connectivity index is 1.47. The van der Waals surface area contributed by atoms with E-state index < -0.39 is 17.8 Å². The van der Waals surface area contributed by atoms with E-state index in [-0.39, 0.29) is 12.3 Å². The number of hydrogen-bond donors (Lipinski definition) is 2. The molecule has 3 aromatic rings. The Labute approximate surface area is 176 Å². The van der Waals surface area contributed by atoms with Gasteiger partial charge in [-0.25, -0.2) is 10.2 Å². The summed E-state index contributed by atoms with van der Waals surface area (Å²) in [6, 6.07) is 15.9. The van der Waals surface area contributed by atoms with Gasteiger partial charge in [-0.05, 0) is 54.1 Å². The Bertz CT molecular complexity index is 1060. The number of furan rings is 1. The Morgan fingerprint density at radius 2 is 1.87 bits per heavy atom. The fourth-order valence-electron chi connectivity index (χ4n) is 2.29. The molecule has 0 atom stereocenters. The van der Waals surface area contributed by atoms with E-state index in [1.807, 2.05) is 0 Å². The van der Waals surface area contributed by atoms with Crippen LogP contribution in [0.4, 0.5) is 0 Å². The van der Waals surface area contributed by atoms with Crippen LogP contribution in [-0.4, -0.2) is 30.5 Å². The lowest BCUT2D eigenvalue weighted by Crippen LogP contribution is -2.34. The summed E-state index contributed by atoms with van der Waals surface area (Å²) in [6.45, 7) is -0.250. The topological polar surface area (TPSA) is 110 Å². The zero-order chi connectivity index (χ0) is 21.3. The SMILES string of the molecule is O=C(CNC(=O)c1ccc(Cl)cc1)N/N=C/c1cccc(OC(=O)c2ccco2)c1. The van der Waals surface area contributed by atoms with E-state index in [0.29, 0.717) is 21.9 Å². The molecule has 1 aromatic heterocycles. The molecule has 2 aromatic carbocycles. The van der Waals surface area contributed by atoms with E-state index in [2.05, 4.69) is 15.8 Å². The van der Waals surface area contributed by atoms with Gasteiger partial charge in [0.25, 0.3) is 11.8 Å². The molecule has 0 radical (unpaired) electrons. The molecule has 0 aliphatic carbocycles. The van der Waals surface area contributed by atoms with Crippen molar-refractivity contribution in [3.8, 4) is 5.75 Å². The third-order valence-corrected chi connectivity index (χ3v) is 3.96. The van der Waals surface area contributed by atoms with E-state index in [0.717, 1.165) is 0 Å². The van der Waals surface area contributed by atoms with Crippen molar-refractivity contribution in [3.63, 3.8) is 0 Å². The second kappa shape index (κ2) is 10.0. The lowest BCUT2D eigenvalue weighted by Gasteiger charge is -2.05. The number of nitrogens with zero attached hydrogens (tertiary/aromatic N) is 1. The van der Waals surface area contributed by atoms with Crippen molar-refractivity contribution >= 4 is 35.6 Å². The fourth-order valence-corrected chi connectivity index (χ4v) is 2.42. The summed E-state index contributed by atoms with van der Waals surface area (Å²) in [6.07, 6.45) is 2.75. The number of benzene rings is 2. The number of esters is 1. The number of halogens is 1. The first kappa shape index (κ1) is 20.8. The zero-order valence-electron chi connectivity index (χ0n) is 15.5. The summed E-state index contributed by atoms with van der Waals surface area (Å²) in [4.78, 5) is 35.7. The molecule has 8 nitrogen and oxygen atoms in total. The predicted octanol–water partition coefficient (Wildman–Crippen LogP) is 3.03. The van der Waals surface area contributed by atoms with Gasteiger partial charge in [0.15, 0.2) is 0 Å². The van der Waals surface area contributed by atoms with E-state index in [9.17, 15) is 14.4 Å². The number of hydrogen-bond acceptors (Lipinski definition) is 6. The normalized spacial score (nSPS) is 10.6. The van der Waals surface area contributed by atoms with Crippen molar-refractivity contribution in [3.05, 3.63) is 88.8 Å². The van der Waals surface area contributed by atoms with Crippen LogP contribution < -0.4 is 15.5 Å². The standard InChI is InChI=1S/C21H16ClN3O5/c22-16-8-6-15(7-9-16)20(27)23-13-19(26)25-24-12-14-3-1-4-17(11-14)30-21(28)18-5-2-10-29-18/h1-12H,13H2,(H,23,27)(H,25,26)/b24-12+. The maximum atomic E-state index is 11.9. The van der Waals surface area contributed by atoms with Crippen LogP contribution in [-0.2, 0) is 4.79 Å². The quantitative estimate of drug-likeness (QED) is 0.261. The minimum absolute atomic E-state index is 0.0852. The van der Waals surface area contributed by atoms with E-state index in [1.165, 1.54) is 18.5 Å². The van der Waals surface area contributed by atoms with Crippen LogP contribution >= 0.6 is 11.6 Å². The van der Waals surface area contributed by atoms with Crippen molar-refractivity contribution in [1.29, 1.82) is 0 Å². The molecule has 0 fully saturated rings. The number of hydrazone groups is 1. The first-order valence-electron chi connectivity index (χ1n) is 8.73. The molecule has 2 amide bonds. The molecule has 0 unspecified atom stereocenters. The van der Waals surface area contributed by atoms with Gasteiger partial charge in [-0.2, -0.15) is 5.10 Å². The summed E-state index contributed by atoms with van der Waals surface area (Å²) in [5.41, 5.74) is 3.28. The maximum Gasteiger partial charge on any atom is 0.379 e. The molecule has 0 saturated carbocycles. The van der Waals surface area contributed by atoms with Crippen LogP contribution in [0.2, 0.25) is 5.02 Å². The minimum atomic E-state index is -0.626. The number of amides is 2. The molecular weight excluding hydrogens is 410 g/mol. The van der Waals surface area contributed by atoms with Crippen LogP contribution in [0.3, 0.4) is 0 Å². The number of carbonyl (C=O) groups is 3. The maximum absolute atomic E-state index is 11.9. The van der Waals surface area contributed by atoms with Crippen molar-refractivity contribution in [2.24, 2.45) is 5.10 Å². The van der Waals surface area contributed by atoms with Crippen LogP contribution in [0.5, 0.6) is 5.75 Å². The van der Waals surface area contributed by atoms with Gasteiger partial charge in [-0.1, -0.05) is 23.7 Å². The van der Waals surface area contributed by atoms with Crippen LogP contribution in [0.25, 0.3) is 0 Å². The molecule has 0 aliphatic rings. The van der Waals surface area contributed by atoms with Gasteiger partial charge in [-0.3, -0.25) is 9.59 Å². The third kappa shape index (κ3) is 6.05. The highest BCUT2D eigenvalue weighted by molar-refractivity contribution is 6.30. The molecule has 3 rings (SSSR count). The molecule has 1 heterocycles. The lowest BCUT2D eigenvalue weighted by atomic mass is 10.2. The molecule has 152 valence electrons. The lowest BCUT2D eigenvalue weighted by molar-refractivity contribution is -0.120. The van der Waals surface area contributed by atoms with Gasteiger partial charge in [0.05, 0.1) is 19.0 Å². The number of ether oxygens (including phenoxy) is 1. The average Bonchev–Trinajstić information content (AvgIpc) is 3.28. The van der Waals surface area contributed by atoms with E-state index in [4.69, 9.17) is 20.8 Å². The van der Waals surface area contributed by atoms with Crippen molar-refractivity contribution in [1.82, 2.24) is 10.7 Å². The molecule has 30 heavy (non-hydrogen) atoms. The highest BCUT2D eigenvalue weighted by Crippen LogP contribution is 2.14. The average molecular weight is 426 g/mol. The number of carbonyl (C=O) groups excluding carboxylic acids is 3. The van der Waals surface area contributed by atoms with E-state index >= 15 is 0 Å². The van der Waals surface area contributed by atoms with Crippen molar-refractivity contribution in [2.45, 2.75) is 0 Å². The van der Waals surface area contributed by atoms with Crippen molar-refractivity contribution < 1.29 is 23.5 Å². The molecule has 2 N–H and O–H groups in total. The van der Waals surface area contributed by atoms with Crippen LogP contribution in [0.1, 0.15) is 26.5 Å². The second-order valence-corrected chi connectivity index (χ2v) is 6.36. The Morgan fingerprint density at radius 3 is 2.60 bits per heavy atom. The summed E-state index contributed by atoms with van der Waals surface area (Å²) in [5, 5.41) is 6.81. The van der Waals surface area contributed by atoms with Crippen molar-refractivity contribution in [2.75, 3.05) is 6.54 Å². The molecular formula is C21H16ClN3O5. The highest BCUT2D eigenvalue weighted by atomic mass is 35.5. The third-order valence-electron chi connectivity index (χ3n) is 3.71. The Kier molecular flexibility index (Phi) is 6.96. The monoisotopic (exact) mass is 425 g/mol. The number of rotatable bonds is 7. The first-order valence-corrected chi connectivity index (χ1v) is 9.10. The summed E-state index contributed by atoms with van der Waals surface area (Å²) >= 11 is 5.77. The smallest absolute Gasteiger partial charge is 0.379 e. The van der Waals surface area contributed by atoms with Gasteiger partial charge in [0.1, 0.15) is 5.75 Å². The molecule has 0 spiro atoms. The summed E-state index contributed by atoms with van der Waals surface area (Å²) in [7, 11) is 0. The summed E-state index contributed by atoms with van der Waals surface area (Å²) in [5.74, 6) is -1.16. The fraction of sp³-hybridized carbons (Fsp3) is 0.0476. The Hall–Kier alpha value is -3.91. The van der Waals surface area contributed by atoms with Gasteiger partial charge < -0.3 is 14.5 Å².